The first-order chi connectivity index (χ1) is 9.26. The zero-order valence-electron chi connectivity index (χ0n) is 13.4. The largest absolute Gasteiger partial charge is 0.308 e. The normalized spacial score (nSPS) is 12.1. The first-order valence-corrected chi connectivity index (χ1v) is 7.03. The number of aryl methyl sites for hydroxylation is 2. The highest BCUT2D eigenvalue weighted by molar-refractivity contribution is 5.25. The molecule has 0 aliphatic rings. The fourth-order valence-electron chi connectivity index (χ4n) is 2.20. The summed E-state index contributed by atoms with van der Waals surface area (Å²) in [6.45, 7) is 12.3. The minimum absolute atomic E-state index is 0.113. The Labute approximate surface area is 121 Å². The molecule has 2 heterocycles. The van der Waals surface area contributed by atoms with Crippen LogP contribution in [0.1, 0.15) is 43.4 Å². The first kappa shape index (κ1) is 14.8. The van der Waals surface area contributed by atoms with Gasteiger partial charge in [0.1, 0.15) is 0 Å². The van der Waals surface area contributed by atoms with Crippen molar-refractivity contribution in [2.24, 2.45) is 7.05 Å². The Balaban J connectivity index is 2.16. The van der Waals surface area contributed by atoms with Gasteiger partial charge in [0.15, 0.2) is 0 Å². The number of hydrogen-bond acceptors (Lipinski definition) is 3. The molecule has 0 amide bonds. The highest BCUT2D eigenvalue weighted by atomic mass is 15.3. The third kappa shape index (κ3) is 3.48. The molecule has 1 N–H and O–H groups in total. The van der Waals surface area contributed by atoms with Gasteiger partial charge in [-0.15, -0.1) is 0 Å². The van der Waals surface area contributed by atoms with E-state index in [-0.39, 0.29) is 5.54 Å². The molecule has 20 heavy (non-hydrogen) atoms. The number of rotatable bonds is 4. The summed E-state index contributed by atoms with van der Waals surface area (Å²) in [5, 5.41) is 12.6. The molecule has 0 aliphatic heterocycles. The Hall–Kier alpha value is -1.62. The molecule has 2 rings (SSSR count). The topological polar surface area (TPSA) is 47.7 Å². The van der Waals surface area contributed by atoms with E-state index in [4.69, 9.17) is 0 Å². The molecule has 2 aromatic heterocycles. The van der Waals surface area contributed by atoms with E-state index < -0.39 is 0 Å². The quantitative estimate of drug-likeness (QED) is 0.930. The van der Waals surface area contributed by atoms with Crippen molar-refractivity contribution in [1.29, 1.82) is 0 Å². The van der Waals surface area contributed by atoms with Crippen LogP contribution in [0.4, 0.5) is 0 Å². The third-order valence-electron chi connectivity index (χ3n) is 3.41. The summed E-state index contributed by atoms with van der Waals surface area (Å²) in [5.74, 6) is 0. The third-order valence-corrected chi connectivity index (χ3v) is 3.41. The van der Waals surface area contributed by atoms with Crippen molar-refractivity contribution < 1.29 is 0 Å². The molecule has 0 fully saturated rings. The van der Waals surface area contributed by atoms with E-state index in [0.717, 1.165) is 24.5 Å². The maximum absolute atomic E-state index is 4.64. The van der Waals surface area contributed by atoms with Crippen LogP contribution in [0.15, 0.2) is 12.3 Å². The van der Waals surface area contributed by atoms with Gasteiger partial charge in [-0.1, -0.05) is 0 Å². The monoisotopic (exact) mass is 275 g/mol. The Bertz CT molecular complexity index is 586. The van der Waals surface area contributed by atoms with E-state index in [9.17, 15) is 0 Å². The molecular weight excluding hydrogens is 250 g/mol. The second-order valence-corrected chi connectivity index (χ2v) is 6.39. The lowest BCUT2D eigenvalue weighted by molar-refractivity contribution is 0.423. The number of hydrogen-bond donors (Lipinski definition) is 1. The molecule has 5 heteroatoms. The van der Waals surface area contributed by atoms with Gasteiger partial charge in [0.2, 0.25) is 0 Å². The molecule has 110 valence electrons. The zero-order chi connectivity index (χ0) is 14.9. The van der Waals surface area contributed by atoms with Crippen molar-refractivity contribution in [1.82, 2.24) is 24.9 Å². The molecule has 0 unspecified atom stereocenters. The minimum Gasteiger partial charge on any atom is -0.308 e. The summed E-state index contributed by atoms with van der Waals surface area (Å²) in [4.78, 5) is 0. The number of aromatic nitrogens is 4. The molecule has 5 nitrogen and oxygen atoms in total. The van der Waals surface area contributed by atoms with E-state index in [1.807, 2.05) is 28.7 Å². The van der Waals surface area contributed by atoms with Gasteiger partial charge in [-0.05, 0) is 40.7 Å². The van der Waals surface area contributed by atoms with Gasteiger partial charge in [0.25, 0.3) is 0 Å². The van der Waals surface area contributed by atoms with Crippen molar-refractivity contribution in [3.63, 3.8) is 0 Å². The lowest BCUT2D eigenvalue weighted by Crippen LogP contribution is -2.35. The van der Waals surface area contributed by atoms with E-state index in [1.165, 1.54) is 11.3 Å². The zero-order valence-corrected chi connectivity index (χ0v) is 13.4. The molecule has 0 radical (unpaired) electrons. The molecular formula is C15H25N5. The van der Waals surface area contributed by atoms with Crippen LogP contribution in [0.5, 0.6) is 0 Å². The molecule has 0 atom stereocenters. The van der Waals surface area contributed by atoms with Crippen LogP contribution in [0.3, 0.4) is 0 Å². The molecule has 0 aliphatic carbocycles. The predicted molar refractivity (Wildman–Crippen MR) is 80.6 cm³/mol. The number of nitrogens with zero attached hydrogens (tertiary/aromatic N) is 4. The Morgan fingerprint density at radius 2 is 1.90 bits per heavy atom. The smallest absolute Gasteiger partial charge is 0.0853 e. The highest BCUT2D eigenvalue weighted by Crippen LogP contribution is 2.15. The standard InChI is InChI=1S/C15H25N5/c1-11-14(9-16-15(3,4)5)12(2)20(17-11)10-13-7-8-19(6)18-13/h7-8,16H,9-10H2,1-6H3. The Morgan fingerprint density at radius 1 is 1.20 bits per heavy atom. The fourth-order valence-corrected chi connectivity index (χ4v) is 2.20. The minimum atomic E-state index is 0.113. The van der Waals surface area contributed by atoms with Crippen molar-refractivity contribution in [3.8, 4) is 0 Å². The van der Waals surface area contributed by atoms with Crippen LogP contribution < -0.4 is 5.32 Å². The van der Waals surface area contributed by atoms with Crippen molar-refractivity contribution >= 4 is 0 Å². The molecule has 0 spiro atoms. The summed E-state index contributed by atoms with van der Waals surface area (Å²) in [6.07, 6.45) is 1.96. The van der Waals surface area contributed by atoms with Crippen molar-refractivity contribution in [3.05, 3.63) is 34.9 Å². The second-order valence-electron chi connectivity index (χ2n) is 6.39. The Kier molecular flexibility index (Phi) is 3.99. The van der Waals surface area contributed by atoms with Crippen LogP contribution in [-0.4, -0.2) is 25.1 Å². The molecule has 0 saturated carbocycles. The van der Waals surface area contributed by atoms with Crippen molar-refractivity contribution in [2.45, 2.75) is 53.2 Å². The van der Waals surface area contributed by atoms with E-state index in [2.05, 4.69) is 50.1 Å². The summed E-state index contributed by atoms with van der Waals surface area (Å²) >= 11 is 0. The van der Waals surface area contributed by atoms with E-state index >= 15 is 0 Å². The van der Waals surface area contributed by atoms with Gasteiger partial charge >= 0.3 is 0 Å². The van der Waals surface area contributed by atoms with Crippen LogP contribution in [0.2, 0.25) is 0 Å². The van der Waals surface area contributed by atoms with Crippen LogP contribution in [0.25, 0.3) is 0 Å². The van der Waals surface area contributed by atoms with Crippen LogP contribution >= 0.6 is 0 Å². The first-order valence-electron chi connectivity index (χ1n) is 7.03. The lowest BCUT2D eigenvalue weighted by atomic mass is 10.1. The average molecular weight is 275 g/mol. The maximum atomic E-state index is 4.64. The SMILES string of the molecule is Cc1nn(Cc2ccn(C)n2)c(C)c1CNC(C)(C)C. The summed E-state index contributed by atoms with van der Waals surface area (Å²) in [5.41, 5.74) is 4.74. The highest BCUT2D eigenvalue weighted by Gasteiger charge is 2.15. The second kappa shape index (κ2) is 5.40. The van der Waals surface area contributed by atoms with Gasteiger partial charge in [0.05, 0.1) is 17.9 Å². The Morgan fingerprint density at radius 3 is 2.45 bits per heavy atom. The average Bonchev–Trinajstić information content (AvgIpc) is 2.82. The van der Waals surface area contributed by atoms with Gasteiger partial charge in [-0.2, -0.15) is 10.2 Å². The maximum Gasteiger partial charge on any atom is 0.0853 e. The van der Waals surface area contributed by atoms with Gasteiger partial charge in [0, 0.05) is 36.6 Å². The molecule has 0 bridgehead atoms. The molecule has 0 saturated heterocycles. The lowest BCUT2D eigenvalue weighted by Gasteiger charge is -2.20. The van der Waals surface area contributed by atoms with Crippen LogP contribution in [0, 0.1) is 13.8 Å². The summed E-state index contributed by atoms with van der Waals surface area (Å²) in [6, 6.07) is 2.03. The summed E-state index contributed by atoms with van der Waals surface area (Å²) in [7, 11) is 1.93. The van der Waals surface area contributed by atoms with E-state index in [1.54, 1.807) is 0 Å². The number of nitrogens with one attached hydrogen (secondary N) is 1. The van der Waals surface area contributed by atoms with Crippen molar-refractivity contribution in [2.75, 3.05) is 0 Å². The molecule has 0 aromatic carbocycles. The van der Waals surface area contributed by atoms with Gasteiger partial charge < -0.3 is 5.32 Å². The fraction of sp³-hybridized carbons (Fsp3) is 0.600. The van der Waals surface area contributed by atoms with Crippen LogP contribution in [-0.2, 0) is 20.1 Å². The predicted octanol–water partition coefficient (Wildman–Crippen LogP) is 2.17. The van der Waals surface area contributed by atoms with Gasteiger partial charge in [-0.3, -0.25) is 9.36 Å². The van der Waals surface area contributed by atoms with Gasteiger partial charge in [-0.25, -0.2) is 0 Å². The molecule has 2 aromatic rings. The summed E-state index contributed by atoms with van der Waals surface area (Å²) < 4.78 is 3.86. The van der Waals surface area contributed by atoms with E-state index in [0.29, 0.717) is 0 Å².